The van der Waals surface area contributed by atoms with E-state index in [1.54, 1.807) is 12.4 Å². The molecule has 1 aromatic heterocycles. The van der Waals surface area contributed by atoms with E-state index >= 15 is 0 Å². The predicted molar refractivity (Wildman–Crippen MR) is 76.2 cm³/mol. The van der Waals surface area contributed by atoms with Crippen LogP contribution in [0.15, 0.2) is 47.2 Å². The molecular weight excluding hydrogens is 294 g/mol. The number of pyridine rings is 1. The molecule has 4 N–H and O–H groups in total. The largest absolute Gasteiger partial charge is 0.396 e. The summed E-state index contributed by atoms with van der Waals surface area (Å²) in [6.07, 6.45) is 2.65. The maximum Gasteiger partial charge on any atom is 0.0962 e. The number of hydrogen-bond acceptors (Lipinski definition) is 4. The Morgan fingerprint density at radius 3 is 2.67 bits per heavy atom. The Bertz CT molecular complexity index is 499. The molecule has 1 unspecified atom stereocenters. The molecular formula is C13H14BrN3O. The van der Waals surface area contributed by atoms with Gasteiger partial charge in [-0.1, -0.05) is 30.3 Å². The predicted octanol–water partition coefficient (Wildman–Crippen LogP) is 2.57. The second kappa shape index (κ2) is 5.84. The van der Waals surface area contributed by atoms with Gasteiger partial charge in [-0.25, -0.2) is 0 Å². The van der Waals surface area contributed by atoms with Crippen molar-refractivity contribution in [3.05, 3.63) is 52.8 Å². The number of benzene rings is 1. The van der Waals surface area contributed by atoms with Crippen LogP contribution in [0.25, 0.3) is 0 Å². The minimum atomic E-state index is -0.578. The van der Waals surface area contributed by atoms with Gasteiger partial charge in [0.2, 0.25) is 0 Å². The summed E-state index contributed by atoms with van der Waals surface area (Å²) in [6, 6.07) is 9.49. The second-order valence-electron chi connectivity index (χ2n) is 3.89. The summed E-state index contributed by atoms with van der Waals surface area (Å²) in [7, 11) is 0. The number of nitrogens with zero attached hydrogens (tertiary/aromatic N) is 1. The molecule has 0 fully saturated rings. The highest BCUT2D eigenvalue weighted by Crippen LogP contribution is 2.27. The second-order valence-corrected chi connectivity index (χ2v) is 4.75. The molecule has 0 saturated heterocycles. The molecule has 2 rings (SSSR count). The van der Waals surface area contributed by atoms with Gasteiger partial charge in [0, 0.05) is 12.7 Å². The van der Waals surface area contributed by atoms with Crippen LogP contribution in [0.3, 0.4) is 0 Å². The molecule has 0 spiro atoms. The zero-order valence-corrected chi connectivity index (χ0v) is 11.3. The quantitative estimate of drug-likeness (QED) is 0.812. The fraction of sp³-hybridized carbons (Fsp3) is 0.154. The fourth-order valence-corrected chi connectivity index (χ4v) is 2.12. The van der Waals surface area contributed by atoms with Crippen molar-refractivity contribution in [2.24, 2.45) is 0 Å². The van der Waals surface area contributed by atoms with Crippen molar-refractivity contribution in [2.75, 3.05) is 17.6 Å². The number of aliphatic hydroxyl groups excluding tert-OH is 1. The van der Waals surface area contributed by atoms with Crippen LogP contribution >= 0.6 is 15.9 Å². The summed E-state index contributed by atoms with van der Waals surface area (Å²) in [5, 5.41) is 13.1. The van der Waals surface area contributed by atoms with E-state index in [2.05, 4.69) is 26.2 Å². The Labute approximate surface area is 114 Å². The maximum absolute atomic E-state index is 10.0. The average molecular weight is 308 g/mol. The molecule has 1 heterocycles. The van der Waals surface area contributed by atoms with Gasteiger partial charge < -0.3 is 16.2 Å². The lowest BCUT2D eigenvalue weighted by atomic mass is 10.1. The minimum Gasteiger partial charge on any atom is -0.396 e. The highest BCUT2D eigenvalue weighted by Gasteiger charge is 2.09. The van der Waals surface area contributed by atoms with Gasteiger partial charge in [0.15, 0.2) is 0 Å². The topological polar surface area (TPSA) is 71.2 Å². The Hall–Kier alpha value is -1.59. The van der Waals surface area contributed by atoms with E-state index in [9.17, 15) is 5.11 Å². The lowest BCUT2D eigenvalue weighted by Gasteiger charge is -2.15. The monoisotopic (exact) mass is 307 g/mol. The van der Waals surface area contributed by atoms with Crippen molar-refractivity contribution in [3.63, 3.8) is 0 Å². The molecule has 0 aliphatic rings. The van der Waals surface area contributed by atoms with Gasteiger partial charge in [-0.2, -0.15) is 0 Å². The van der Waals surface area contributed by atoms with Crippen molar-refractivity contribution in [1.82, 2.24) is 4.98 Å². The molecule has 0 aliphatic heterocycles. The Balaban J connectivity index is 2.04. The summed E-state index contributed by atoms with van der Waals surface area (Å²) in [6.45, 7) is 0.386. The van der Waals surface area contributed by atoms with Gasteiger partial charge in [-0.05, 0) is 21.5 Å². The van der Waals surface area contributed by atoms with Gasteiger partial charge in [-0.15, -0.1) is 0 Å². The number of nitrogens with two attached hydrogens (primary N) is 1. The molecule has 2 aromatic rings. The van der Waals surface area contributed by atoms with Crippen molar-refractivity contribution >= 4 is 27.3 Å². The van der Waals surface area contributed by atoms with Crippen LogP contribution in [-0.2, 0) is 0 Å². The first kappa shape index (κ1) is 12.9. The molecule has 0 radical (unpaired) electrons. The first-order chi connectivity index (χ1) is 8.68. The molecule has 1 aromatic carbocycles. The van der Waals surface area contributed by atoms with E-state index in [0.29, 0.717) is 12.2 Å². The van der Waals surface area contributed by atoms with E-state index < -0.39 is 6.10 Å². The van der Waals surface area contributed by atoms with E-state index in [0.717, 1.165) is 15.7 Å². The van der Waals surface area contributed by atoms with E-state index in [-0.39, 0.29) is 0 Å². The van der Waals surface area contributed by atoms with E-state index in [1.165, 1.54) is 0 Å². The summed E-state index contributed by atoms with van der Waals surface area (Å²) in [4.78, 5) is 3.96. The van der Waals surface area contributed by atoms with Crippen LogP contribution in [0, 0.1) is 0 Å². The first-order valence-corrected chi connectivity index (χ1v) is 6.33. The third kappa shape index (κ3) is 3.00. The van der Waals surface area contributed by atoms with Crippen molar-refractivity contribution in [1.29, 1.82) is 0 Å². The molecule has 0 saturated carbocycles. The summed E-state index contributed by atoms with van der Waals surface area (Å²) in [5.41, 5.74) is 7.97. The molecule has 0 amide bonds. The molecule has 0 aliphatic carbocycles. The van der Waals surface area contributed by atoms with Gasteiger partial charge in [0.25, 0.3) is 0 Å². The summed E-state index contributed by atoms with van der Waals surface area (Å²) < 4.78 is 0.780. The number of anilines is 2. The maximum atomic E-state index is 10.0. The molecule has 94 valence electrons. The number of nitrogens with one attached hydrogen (secondary N) is 1. The van der Waals surface area contributed by atoms with Gasteiger partial charge in [0.05, 0.1) is 28.1 Å². The normalized spacial score (nSPS) is 12.1. The van der Waals surface area contributed by atoms with Crippen molar-refractivity contribution < 1.29 is 5.11 Å². The number of aromatic nitrogens is 1. The molecule has 1 atom stereocenters. The number of rotatable bonds is 4. The molecule has 0 bridgehead atoms. The Morgan fingerprint density at radius 2 is 2.00 bits per heavy atom. The zero-order chi connectivity index (χ0) is 13.0. The lowest BCUT2D eigenvalue weighted by molar-refractivity contribution is 0.191. The average Bonchev–Trinajstić information content (AvgIpc) is 2.39. The summed E-state index contributed by atoms with van der Waals surface area (Å²) in [5.74, 6) is 0. The van der Waals surface area contributed by atoms with Gasteiger partial charge in [0.1, 0.15) is 0 Å². The van der Waals surface area contributed by atoms with Gasteiger partial charge >= 0.3 is 0 Å². The summed E-state index contributed by atoms with van der Waals surface area (Å²) >= 11 is 3.37. The SMILES string of the molecule is Nc1cncc(Br)c1NCC(O)c1ccccc1. The fourth-order valence-electron chi connectivity index (χ4n) is 1.63. The third-order valence-corrected chi connectivity index (χ3v) is 3.19. The third-order valence-electron chi connectivity index (χ3n) is 2.59. The van der Waals surface area contributed by atoms with E-state index in [4.69, 9.17) is 5.73 Å². The van der Waals surface area contributed by atoms with Crippen LogP contribution in [-0.4, -0.2) is 16.6 Å². The Morgan fingerprint density at radius 1 is 1.28 bits per heavy atom. The van der Waals surface area contributed by atoms with Gasteiger partial charge in [-0.3, -0.25) is 4.98 Å². The Kier molecular flexibility index (Phi) is 4.17. The first-order valence-electron chi connectivity index (χ1n) is 5.54. The number of halogens is 1. The van der Waals surface area contributed by atoms with Crippen molar-refractivity contribution in [3.8, 4) is 0 Å². The molecule has 5 heteroatoms. The zero-order valence-electron chi connectivity index (χ0n) is 9.68. The number of hydrogen-bond donors (Lipinski definition) is 3. The van der Waals surface area contributed by atoms with Crippen LogP contribution < -0.4 is 11.1 Å². The smallest absolute Gasteiger partial charge is 0.0962 e. The minimum absolute atomic E-state index is 0.386. The lowest BCUT2D eigenvalue weighted by Crippen LogP contribution is -2.13. The van der Waals surface area contributed by atoms with E-state index in [1.807, 2.05) is 30.3 Å². The van der Waals surface area contributed by atoms with Crippen LogP contribution in [0.4, 0.5) is 11.4 Å². The van der Waals surface area contributed by atoms with Crippen LogP contribution in [0.2, 0.25) is 0 Å². The van der Waals surface area contributed by atoms with Crippen LogP contribution in [0.1, 0.15) is 11.7 Å². The standard InChI is InChI=1S/C13H14BrN3O/c14-10-6-16-7-11(15)13(10)17-8-12(18)9-4-2-1-3-5-9/h1-7,12,18H,8,15H2,(H,16,17). The number of aliphatic hydroxyl groups is 1. The highest BCUT2D eigenvalue weighted by molar-refractivity contribution is 9.10. The highest BCUT2D eigenvalue weighted by atomic mass is 79.9. The molecule has 4 nitrogen and oxygen atoms in total. The number of nitrogen functional groups attached to an aromatic ring is 1. The van der Waals surface area contributed by atoms with Crippen molar-refractivity contribution in [2.45, 2.75) is 6.10 Å². The molecule has 18 heavy (non-hydrogen) atoms. The van der Waals surface area contributed by atoms with Crippen LogP contribution in [0.5, 0.6) is 0 Å².